The number of hydrogen-bond donors (Lipinski definition) is 1. The molecule has 0 saturated carbocycles. The van der Waals surface area contributed by atoms with Crippen LogP contribution in [0.25, 0.3) is 0 Å². The van der Waals surface area contributed by atoms with Crippen molar-refractivity contribution in [2.45, 2.75) is 103 Å². The van der Waals surface area contributed by atoms with Gasteiger partial charge in [-0.05, 0) is 25.7 Å². The predicted molar refractivity (Wildman–Crippen MR) is 98.0 cm³/mol. The van der Waals surface area contributed by atoms with Crippen molar-refractivity contribution in [2.24, 2.45) is 0 Å². The van der Waals surface area contributed by atoms with Crippen LogP contribution in [0.4, 0.5) is 0 Å². The first-order valence-corrected chi connectivity index (χ1v) is 9.71. The number of hydrogen-bond acceptors (Lipinski definition) is 3. The third-order valence-electron chi connectivity index (χ3n) is 4.15. The van der Waals surface area contributed by atoms with Gasteiger partial charge in [-0.2, -0.15) is 0 Å². The van der Waals surface area contributed by atoms with Gasteiger partial charge >= 0.3 is 11.9 Å². The van der Waals surface area contributed by atoms with E-state index in [0.717, 1.165) is 44.3 Å². The Labute approximate surface area is 147 Å². The van der Waals surface area contributed by atoms with E-state index in [2.05, 4.69) is 13.8 Å². The molecule has 0 amide bonds. The number of esters is 1. The average molecular weight is 341 g/mol. The van der Waals surface area contributed by atoms with Gasteiger partial charge in [-0.15, -0.1) is 0 Å². The third kappa shape index (κ3) is 15.6. The van der Waals surface area contributed by atoms with Crippen LogP contribution in [0.15, 0.2) is 12.2 Å². The lowest BCUT2D eigenvalue weighted by atomic mass is 10.0. The molecule has 0 aromatic heterocycles. The average Bonchev–Trinajstić information content (AvgIpc) is 2.55. The van der Waals surface area contributed by atoms with Gasteiger partial charge in [-0.25, -0.2) is 9.59 Å². The molecule has 0 aliphatic rings. The molecule has 0 radical (unpaired) electrons. The van der Waals surface area contributed by atoms with Crippen LogP contribution in [0.1, 0.15) is 97.3 Å². The van der Waals surface area contributed by atoms with E-state index < -0.39 is 11.9 Å². The van der Waals surface area contributed by atoms with Crippen molar-refractivity contribution in [3.63, 3.8) is 0 Å². The van der Waals surface area contributed by atoms with E-state index >= 15 is 0 Å². The molecule has 0 bridgehead atoms. The van der Waals surface area contributed by atoms with Crippen molar-refractivity contribution >= 4 is 11.9 Å². The molecule has 0 heterocycles. The second-order valence-electron chi connectivity index (χ2n) is 6.49. The summed E-state index contributed by atoms with van der Waals surface area (Å²) in [5.74, 6) is -1.67. The van der Waals surface area contributed by atoms with Crippen LogP contribution < -0.4 is 0 Å². The Bertz CT molecular complexity index is 350. The summed E-state index contributed by atoms with van der Waals surface area (Å²) in [4.78, 5) is 22.1. The first kappa shape index (κ1) is 22.7. The van der Waals surface area contributed by atoms with Crippen LogP contribution in [0.2, 0.25) is 0 Å². The van der Waals surface area contributed by atoms with Gasteiger partial charge in [0.1, 0.15) is 6.10 Å². The number of ether oxygens (including phenoxy) is 1. The zero-order chi connectivity index (χ0) is 18.0. The maximum Gasteiger partial charge on any atom is 0.331 e. The fourth-order valence-corrected chi connectivity index (χ4v) is 2.73. The second kappa shape index (κ2) is 16.5. The zero-order valence-electron chi connectivity index (χ0n) is 15.6. The lowest BCUT2D eigenvalue weighted by Gasteiger charge is -2.17. The summed E-state index contributed by atoms with van der Waals surface area (Å²) in [6.07, 6.45) is 16.8. The Morgan fingerprint density at radius 3 is 1.75 bits per heavy atom. The highest BCUT2D eigenvalue weighted by molar-refractivity contribution is 5.90. The molecule has 0 aromatic rings. The van der Waals surface area contributed by atoms with E-state index in [0.29, 0.717) is 0 Å². The topological polar surface area (TPSA) is 63.6 Å². The molecule has 0 rings (SSSR count). The maximum atomic E-state index is 11.7. The molecular weight excluding hydrogens is 304 g/mol. The molecule has 140 valence electrons. The number of carbonyl (C=O) groups excluding carboxylic acids is 1. The summed E-state index contributed by atoms with van der Waals surface area (Å²) in [5, 5.41) is 8.56. The predicted octanol–water partition coefficient (Wildman–Crippen LogP) is 5.65. The van der Waals surface area contributed by atoms with Gasteiger partial charge in [-0.3, -0.25) is 0 Å². The summed E-state index contributed by atoms with van der Waals surface area (Å²) in [5.41, 5.74) is 0. The van der Waals surface area contributed by atoms with Crippen molar-refractivity contribution in [2.75, 3.05) is 0 Å². The minimum atomic E-state index is -1.13. The summed E-state index contributed by atoms with van der Waals surface area (Å²) in [7, 11) is 0. The standard InChI is InChI=1S/C20H36O4/c1-3-5-7-9-10-11-13-15-18(14-12-8-6-4-2)24-20(23)17-16-19(21)22/h16-18H,3-15H2,1-2H3,(H,21,22)/b17-16-. The van der Waals surface area contributed by atoms with Crippen molar-refractivity contribution in [3.05, 3.63) is 12.2 Å². The molecular formula is C20H36O4. The molecule has 0 spiro atoms. The monoisotopic (exact) mass is 340 g/mol. The highest BCUT2D eigenvalue weighted by atomic mass is 16.5. The molecule has 1 N–H and O–H groups in total. The number of unbranched alkanes of at least 4 members (excludes halogenated alkanes) is 9. The summed E-state index contributed by atoms with van der Waals surface area (Å²) in [6.45, 7) is 4.39. The second-order valence-corrected chi connectivity index (χ2v) is 6.49. The van der Waals surface area contributed by atoms with Crippen molar-refractivity contribution in [1.29, 1.82) is 0 Å². The summed E-state index contributed by atoms with van der Waals surface area (Å²) < 4.78 is 5.44. The van der Waals surface area contributed by atoms with Gasteiger partial charge in [0.2, 0.25) is 0 Å². The normalized spacial score (nSPS) is 12.4. The summed E-state index contributed by atoms with van der Waals surface area (Å²) in [6, 6.07) is 0. The SMILES string of the molecule is CCCCCCCCCC(CCCCCC)OC(=O)/C=C\C(=O)O. The van der Waals surface area contributed by atoms with E-state index in [-0.39, 0.29) is 6.10 Å². The molecule has 1 unspecified atom stereocenters. The van der Waals surface area contributed by atoms with Crippen LogP contribution in [0.5, 0.6) is 0 Å². The molecule has 0 aliphatic carbocycles. The van der Waals surface area contributed by atoms with E-state index in [9.17, 15) is 9.59 Å². The molecule has 1 atom stereocenters. The minimum absolute atomic E-state index is 0.0801. The van der Waals surface area contributed by atoms with Crippen molar-refractivity contribution in [1.82, 2.24) is 0 Å². The fraction of sp³-hybridized carbons (Fsp3) is 0.800. The molecule has 4 heteroatoms. The lowest BCUT2D eigenvalue weighted by Crippen LogP contribution is -2.17. The number of rotatable bonds is 16. The highest BCUT2D eigenvalue weighted by Crippen LogP contribution is 2.16. The Kier molecular flexibility index (Phi) is 15.6. The van der Waals surface area contributed by atoms with Crippen LogP contribution in [-0.2, 0) is 14.3 Å². The smallest absolute Gasteiger partial charge is 0.331 e. The Hall–Kier alpha value is -1.32. The Morgan fingerprint density at radius 2 is 1.25 bits per heavy atom. The third-order valence-corrected chi connectivity index (χ3v) is 4.15. The van der Waals surface area contributed by atoms with E-state index in [1.165, 1.54) is 51.4 Å². The number of carboxylic acids is 1. The highest BCUT2D eigenvalue weighted by Gasteiger charge is 2.12. The van der Waals surface area contributed by atoms with Crippen molar-refractivity contribution in [3.8, 4) is 0 Å². The summed E-state index contributed by atoms with van der Waals surface area (Å²) >= 11 is 0. The first-order valence-electron chi connectivity index (χ1n) is 9.71. The quantitative estimate of drug-likeness (QED) is 0.224. The van der Waals surface area contributed by atoms with Gasteiger partial charge in [0.25, 0.3) is 0 Å². The van der Waals surface area contributed by atoms with Crippen LogP contribution >= 0.6 is 0 Å². The lowest BCUT2D eigenvalue weighted by molar-refractivity contribution is -0.144. The largest absolute Gasteiger partial charge is 0.478 e. The molecule has 0 aliphatic heterocycles. The number of carboxylic acid groups (broad SMARTS) is 1. The Balaban J connectivity index is 4.07. The molecule has 0 fully saturated rings. The van der Waals surface area contributed by atoms with E-state index in [1.54, 1.807) is 0 Å². The van der Waals surface area contributed by atoms with Crippen LogP contribution in [0, 0.1) is 0 Å². The van der Waals surface area contributed by atoms with Gasteiger partial charge in [-0.1, -0.05) is 71.6 Å². The molecule has 4 nitrogen and oxygen atoms in total. The van der Waals surface area contributed by atoms with Crippen molar-refractivity contribution < 1.29 is 19.4 Å². The number of carbonyl (C=O) groups is 2. The maximum absolute atomic E-state index is 11.7. The van der Waals surface area contributed by atoms with Gasteiger partial charge < -0.3 is 9.84 Å². The minimum Gasteiger partial charge on any atom is -0.478 e. The molecule has 0 aromatic carbocycles. The van der Waals surface area contributed by atoms with Crippen LogP contribution in [-0.4, -0.2) is 23.1 Å². The molecule has 0 saturated heterocycles. The fourth-order valence-electron chi connectivity index (χ4n) is 2.73. The number of aliphatic carboxylic acids is 1. The molecule has 24 heavy (non-hydrogen) atoms. The Morgan fingerprint density at radius 1 is 0.792 bits per heavy atom. The van der Waals surface area contributed by atoms with Gasteiger partial charge in [0, 0.05) is 12.2 Å². The van der Waals surface area contributed by atoms with Gasteiger partial charge in [0.05, 0.1) is 0 Å². The zero-order valence-corrected chi connectivity index (χ0v) is 15.6. The van der Waals surface area contributed by atoms with Crippen LogP contribution in [0.3, 0.4) is 0 Å². The van der Waals surface area contributed by atoms with E-state index in [4.69, 9.17) is 9.84 Å². The van der Waals surface area contributed by atoms with Gasteiger partial charge in [0.15, 0.2) is 0 Å². The van der Waals surface area contributed by atoms with E-state index in [1.807, 2.05) is 0 Å². The first-order chi connectivity index (χ1) is 11.6.